The molecule has 0 atom stereocenters. The third kappa shape index (κ3) is 9.84. The number of hydrogen-bond donors (Lipinski definition) is 0. The fraction of sp³-hybridized carbons (Fsp3) is 0.692. The lowest BCUT2D eigenvalue weighted by molar-refractivity contribution is -0.150. The third-order valence-corrected chi connectivity index (χ3v) is 6.20. The van der Waals surface area contributed by atoms with Crippen LogP contribution in [0, 0.1) is 11.7 Å². The Bertz CT molecular complexity index is 639. The number of likely N-dealkylation sites (tertiary alicyclic amines) is 1. The Morgan fingerprint density at radius 3 is 1.94 bits per heavy atom. The molecular weight excluding hydrogens is 393 g/mol. The van der Waals surface area contributed by atoms with Gasteiger partial charge >= 0.3 is 5.97 Å². The maximum Gasteiger partial charge on any atom is 0.309 e. The molecule has 1 aliphatic heterocycles. The van der Waals surface area contributed by atoms with E-state index in [9.17, 15) is 14.0 Å². The second kappa shape index (κ2) is 15.0. The Morgan fingerprint density at radius 1 is 0.871 bits per heavy atom. The van der Waals surface area contributed by atoms with Crippen LogP contribution in [0.15, 0.2) is 24.3 Å². The maximum atomic E-state index is 13.0. The predicted octanol–water partition coefficient (Wildman–Crippen LogP) is 6.53. The first-order chi connectivity index (χ1) is 15.1. The number of esters is 1. The minimum absolute atomic E-state index is 0.104. The van der Waals surface area contributed by atoms with Crippen molar-refractivity contribution in [2.45, 2.75) is 90.4 Å². The Morgan fingerprint density at radius 2 is 1.39 bits per heavy atom. The molecule has 0 N–H and O–H groups in total. The highest BCUT2D eigenvalue weighted by Gasteiger charge is 2.28. The smallest absolute Gasteiger partial charge is 0.309 e. The van der Waals surface area contributed by atoms with E-state index in [2.05, 4.69) is 6.92 Å². The number of halogens is 1. The molecule has 1 aromatic rings. The summed E-state index contributed by atoms with van der Waals surface area (Å²) in [5, 5.41) is 0. The van der Waals surface area contributed by atoms with E-state index in [-0.39, 0.29) is 23.6 Å². The average molecular weight is 434 g/mol. The molecule has 4 nitrogen and oxygen atoms in total. The van der Waals surface area contributed by atoms with Crippen LogP contribution in [0.5, 0.6) is 0 Å². The largest absolute Gasteiger partial charge is 0.465 e. The Labute approximate surface area is 187 Å². The molecule has 1 fully saturated rings. The summed E-state index contributed by atoms with van der Waals surface area (Å²) in [6.07, 6.45) is 15.3. The summed E-state index contributed by atoms with van der Waals surface area (Å²) < 4.78 is 18.5. The maximum absolute atomic E-state index is 13.0. The van der Waals surface area contributed by atoms with Gasteiger partial charge in [0.1, 0.15) is 5.82 Å². The standard InChI is InChI=1S/C26H40FNO3/c1-2-3-4-5-6-7-8-9-10-11-12-21-31-26(30)23-17-19-28(20-18-23)25(29)22-13-15-24(27)16-14-22/h13-16,23H,2-12,17-21H2,1H3. The molecule has 1 aromatic carbocycles. The van der Waals surface area contributed by atoms with Gasteiger partial charge in [-0.1, -0.05) is 71.1 Å². The van der Waals surface area contributed by atoms with Crippen molar-refractivity contribution in [1.29, 1.82) is 0 Å². The number of hydrogen-bond acceptors (Lipinski definition) is 3. The Hall–Kier alpha value is -1.91. The van der Waals surface area contributed by atoms with Gasteiger partial charge in [-0.2, -0.15) is 0 Å². The summed E-state index contributed by atoms with van der Waals surface area (Å²) in [5.74, 6) is -0.700. The van der Waals surface area contributed by atoms with Gasteiger partial charge in [0.2, 0.25) is 0 Å². The van der Waals surface area contributed by atoms with Crippen molar-refractivity contribution in [2.24, 2.45) is 5.92 Å². The Balaban J connectivity index is 1.48. The van der Waals surface area contributed by atoms with Crippen LogP contribution in [0.1, 0.15) is 101 Å². The molecule has 5 heteroatoms. The number of piperidine rings is 1. The third-order valence-electron chi connectivity index (χ3n) is 6.20. The summed E-state index contributed by atoms with van der Waals surface area (Å²) in [6.45, 7) is 3.83. The number of amides is 1. The first kappa shape index (κ1) is 25.4. The number of ether oxygens (including phenoxy) is 1. The SMILES string of the molecule is CCCCCCCCCCCCCOC(=O)C1CCN(C(=O)c2ccc(F)cc2)CC1. The molecule has 0 radical (unpaired) electrons. The predicted molar refractivity (Wildman–Crippen MR) is 122 cm³/mol. The van der Waals surface area contributed by atoms with E-state index in [1.54, 1.807) is 4.90 Å². The van der Waals surface area contributed by atoms with E-state index in [0.29, 0.717) is 38.1 Å². The first-order valence-corrected chi connectivity index (χ1v) is 12.3. The van der Waals surface area contributed by atoms with Crippen molar-refractivity contribution < 1.29 is 18.7 Å². The number of carbonyl (C=O) groups excluding carboxylic acids is 2. The van der Waals surface area contributed by atoms with Crippen LogP contribution in [0.2, 0.25) is 0 Å². The van der Waals surface area contributed by atoms with Crippen LogP contribution in [-0.4, -0.2) is 36.5 Å². The zero-order chi connectivity index (χ0) is 22.3. The lowest BCUT2D eigenvalue weighted by Crippen LogP contribution is -2.40. The number of benzene rings is 1. The molecule has 1 amide bonds. The van der Waals surface area contributed by atoms with E-state index in [4.69, 9.17) is 4.74 Å². The quantitative estimate of drug-likeness (QED) is 0.247. The van der Waals surface area contributed by atoms with Crippen molar-refractivity contribution in [3.63, 3.8) is 0 Å². The molecule has 0 aliphatic carbocycles. The molecule has 2 rings (SSSR count). The minimum atomic E-state index is -0.351. The molecular formula is C26H40FNO3. The van der Waals surface area contributed by atoms with E-state index in [1.807, 2.05) is 0 Å². The van der Waals surface area contributed by atoms with E-state index in [1.165, 1.54) is 82.1 Å². The summed E-state index contributed by atoms with van der Waals surface area (Å²) in [4.78, 5) is 26.5. The van der Waals surface area contributed by atoms with Gasteiger partial charge in [0.15, 0.2) is 0 Å². The highest BCUT2D eigenvalue weighted by atomic mass is 19.1. The van der Waals surface area contributed by atoms with Crippen LogP contribution in [0.25, 0.3) is 0 Å². The van der Waals surface area contributed by atoms with Gasteiger partial charge in [-0.05, 0) is 43.5 Å². The average Bonchev–Trinajstić information content (AvgIpc) is 2.80. The summed E-state index contributed by atoms with van der Waals surface area (Å²) in [5.41, 5.74) is 0.485. The number of unbranched alkanes of at least 4 members (excludes halogenated alkanes) is 10. The fourth-order valence-corrected chi connectivity index (χ4v) is 4.15. The van der Waals surface area contributed by atoms with Crippen molar-refractivity contribution >= 4 is 11.9 Å². The topological polar surface area (TPSA) is 46.6 Å². The second-order valence-electron chi connectivity index (χ2n) is 8.78. The molecule has 174 valence electrons. The highest BCUT2D eigenvalue weighted by Crippen LogP contribution is 2.21. The molecule has 1 saturated heterocycles. The van der Waals surface area contributed by atoms with E-state index in [0.717, 1.165) is 12.8 Å². The molecule has 0 aromatic heterocycles. The van der Waals surface area contributed by atoms with Crippen LogP contribution in [0.3, 0.4) is 0 Å². The van der Waals surface area contributed by atoms with Gasteiger partial charge in [-0.25, -0.2) is 4.39 Å². The second-order valence-corrected chi connectivity index (χ2v) is 8.78. The first-order valence-electron chi connectivity index (χ1n) is 12.3. The number of nitrogens with zero attached hydrogens (tertiary/aromatic N) is 1. The molecule has 31 heavy (non-hydrogen) atoms. The van der Waals surface area contributed by atoms with Crippen LogP contribution in [0.4, 0.5) is 4.39 Å². The Kier molecular flexibility index (Phi) is 12.3. The fourth-order valence-electron chi connectivity index (χ4n) is 4.15. The minimum Gasteiger partial charge on any atom is -0.465 e. The summed E-state index contributed by atoms with van der Waals surface area (Å²) >= 11 is 0. The van der Waals surface area contributed by atoms with Gasteiger partial charge < -0.3 is 9.64 Å². The molecule has 0 bridgehead atoms. The highest BCUT2D eigenvalue weighted by molar-refractivity contribution is 5.94. The van der Waals surface area contributed by atoms with Crippen molar-refractivity contribution in [3.05, 3.63) is 35.6 Å². The summed E-state index contributed by atoms with van der Waals surface area (Å²) in [7, 11) is 0. The van der Waals surface area contributed by atoms with Crippen LogP contribution >= 0.6 is 0 Å². The van der Waals surface area contributed by atoms with Crippen LogP contribution in [-0.2, 0) is 9.53 Å². The number of carbonyl (C=O) groups is 2. The van der Waals surface area contributed by atoms with E-state index < -0.39 is 0 Å². The molecule has 0 spiro atoms. The van der Waals surface area contributed by atoms with E-state index >= 15 is 0 Å². The summed E-state index contributed by atoms with van der Waals surface area (Å²) in [6, 6.07) is 5.61. The lowest BCUT2D eigenvalue weighted by Gasteiger charge is -2.31. The van der Waals surface area contributed by atoms with Gasteiger partial charge in [0.25, 0.3) is 5.91 Å². The zero-order valence-electron chi connectivity index (χ0n) is 19.3. The van der Waals surface area contributed by atoms with Crippen molar-refractivity contribution in [2.75, 3.05) is 19.7 Å². The lowest BCUT2D eigenvalue weighted by atomic mass is 9.96. The van der Waals surface area contributed by atoms with Crippen molar-refractivity contribution in [1.82, 2.24) is 4.90 Å². The van der Waals surface area contributed by atoms with Gasteiger partial charge in [0, 0.05) is 18.7 Å². The van der Waals surface area contributed by atoms with Gasteiger partial charge in [0.05, 0.1) is 12.5 Å². The molecule has 0 saturated carbocycles. The number of rotatable bonds is 14. The molecule has 1 heterocycles. The monoisotopic (exact) mass is 433 g/mol. The van der Waals surface area contributed by atoms with Gasteiger partial charge in [-0.15, -0.1) is 0 Å². The van der Waals surface area contributed by atoms with Crippen molar-refractivity contribution in [3.8, 4) is 0 Å². The van der Waals surface area contributed by atoms with Gasteiger partial charge in [-0.3, -0.25) is 9.59 Å². The normalized spacial score (nSPS) is 14.6. The zero-order valence-corrected chi connectivity index (χ0v) is 19.3. The molecule has 1 aliphatic rings. The molecule has 0 unspecified atom stereocenters. The van der Waals surface area contributed by atoms with Crippen LogP contribution < -0.4 is 0 Å².